The van der Waals surface area contributed by atoms with Gasteiger partial charge in [-0.15, -0.1) is 0 Å². The number of nitrogens with one attached hydrogen (secondary N) is 1. The van der Waals surface area contributed by atoms with Gasteiger partial charge in [-0.05, 0) is 30.2 Å². The van der Waals surface area contributed by atoms with Crippen molar-refractivity contribution < 1.29 is 4.39 Å². The molecule has 1 fully saturated rings. The molecule has 0 aliphatic carbocycles. The molecule has 0 amide bonds. The molecule has 1 N–H and O–H groups in total. The lowest BCUT2D eigenvalue weighted by atomic mass is 10.1. The molecule has 0 bridgehead atoms. The first kappa shape index (κ1) is 13.9. The minimum absolute atomic E-state index is 0.180. The average molecular weight is 286 g/mol. The van der Waals surface area contributed by atoms with Crippen molar-refractivity contribution >= 4 is 5.95 Å². The summed E-state index contributed by atoms with van der Waals surface area (Å²) in [6.07, 6.45) is 5.22. The van der Waals surface area contributed by atoms with Crippen molar-refractivity contribution in [2.24, 2.45) is 0 Å². The number of benzene rings is 1. The van der Waals surface area contributed by atoms with Crippen LogP contribution in [0.4, 0.5) is 10.3 Å². The fraction of sp³-hybridized carbons (Fsp3) is 0.375. The molecule has 0 unspecified atom stereocenters. The van der Waals surface area contributed by atoms with E-state index in [0.29, 0.717) is 12.0 Å². The fourth-order valence-electron chi connectivity index (χ4n) is 2.51. The fourth-order valence-corrected chi connectivity index (χ4v) is 2.51. The summed E-state index contributed by atoms with van der Waals surface area (Å²) in [7, 11) is 0. The molecule has 110 valence electrons. The quantitative estimate of drug-likeness (QED) is 0.937. The van der Waals surface area contributed by atoms with Crippen molar-refractivity contribution in [3.05, 3.63) is 53.6 Å². The summed E-state index contributed by atoms with van der Waals surface area (Å²) in [6.45, 7) is 3.90. The predicted molar refractivity (Wildman–Crippen MR) is 80.9 cm³/mol. The molecule has 0 saturated carbocycles. The Bertz CT molecular complexity index is 577. The summed E-state index contributed by atoms with van der Waals surface area (Å²) < 4.78 is 13.6. The van der Waals surface area contributed by atoms with Gasteiger partial charge in [0.25, 0.3) is 0 Å². The molecule has 1 aromatic heterocycles. The van der Waals surface area contributed by atoms with E-state index < -0.39 is 0 Å². The van der Waals surface area contributed by atoms with Crippen LogP contribution in [0, 0.1) is 5.82 Å². The monoisotopic (exact) mass is 286 g/mol. The van der Waals surface area contributed by atoms with Gasteiger partial charge in [0, 0.05) is 38.4 Å². The Morgan fingerprint density at radius 1 is 1.10 bits per heavy atom. The highest BCUT2D eigenvalue weighted by Gasteiger charge is 2.12. The highest BCUT2D eigenvalue weighted by molar-refractivity contribution is 5.32. The number of hydrogen-bond donors (Lipinski definition) is 1. The molecule has 21 heavy (non-hydrogen) atoms. The van der Waals surface area contributed by atoms with E-state index in [-0.39, 0.29) is 5.82 Å². The lowest BCUT2D eigenvalue weighted by Gasteiger charge is -2.19. The van der Waals surface area contributed by atoms with Crippen molar-refractivity contribution in [2.75, 3.05) is 31.1 Å². The number of aromatic nitrogens is 2. The van der Waals surface area contributed by atoms with Gasteiger partial charge in [-0.1, -0.05) is 18.2 Å². The van der Waals surface area contributed by atoms with Gasteiger partial charge in [-0.3, -0.25) is 0 Å². The molecule has 0 radical (unpaired) electrons. The normalized spacial score (nSPS) is 15.8. The maximum absolute atomic E-state index is 13.6. The van der Waals surface area contributed by atoms with E-state index in [1.807, 2.05) is 6.07 Å². The number of rotatable bonds is 3. The van der Waals surface area contributed by atoms with Crippen molar-refractivity contribution in [3.8, 4) is 0 Å². The molecule has 3 rings (SSSR count). The molecule has 1 aromatic carbocycles. The van der Waals surface area contributed by atoms with Gasteiger partial charge in [-0.2, -0.15) is 0 Å². The van der Waals surface area contributed by atoms with Gasteiger partial charge in [0.1, 0.15) is 5.82 Å². The van der Waals surface area contributed by atoms with Gasteiger partial charge in [0.15, 0.2) is 0 Å². The van der Waals surface area contributed by atoms with E-state index in [0.717, 1.165) is 44.1 Å². The molecule has 5 heteroatoms. The van der Waals surface area contributed by atoms with Gasteiger partial charge >= 0.3 is 0 Å². The number of hydrogen-bond acceptors (Lipinski definition) is 4. The average Bonchev–Trinajstić information content (AvgIpc) is 2.80. The first-order chi connectivity index (χ1) is 10.3. The Balaban J connectivity index is 1.70. The Morgan fingerprint density at radius 2 is 1.90 bits per heavy atom. The van der Waals surface area contributed by atoms with Crippen molar-refractivity contribution in [2.45, 2.75) is 12.8 Å². The van der Waals surface area contributed by atoms with Crippen LogP contribution in [-0.2, 0) is 6.42 Å². The van der Waals surface area contributed by atoms with Gasteiger partial charge < -0.3 is 10.2 Å². The molecular weight excluding hydrogens is 267 g/mol. The molecule has 4 nitrogen and oxygen atoms in total. The molecule has 2 heterocycles. The molecule has 0 spiro atoms. The summed E-state index contributed by atoms with van der Waals surface area (Å²) in [5, 5.41) is 3.36. The number of anilines is 1. The van der Waals surface area contributed by atoms with Crippen LogP contribution in [-0.4, -0.2) is 36.1 Å². The van der Waals surface area contributed by atoms with Crippen LogP contribution in [0.3, 0.4) is 0 Å². The Kier molecular flexibility index (Phi) is 4.40. The first-order valence-electron chi connectivity index (χ1n) is 7.33. The van der Waals surface area contributed by atoms with Gasteiger partial charge in [0.05, 0.1) is 0 Å². The molecule has 2 aromatic rings. The lowest BCUT2D eigenvalue weighted by Crippen LogP contribution is -2.29. The zero-order valence-corrected chi connectivity index (χ0v) is 11.9. The summed E-state index contributed by atoms with van der Waals surface area (Å²) in [4.78, 5) is 11.1. The van der Waals surface area contributed by atoms with Crippen LogP contribution in [0.25, 0.3) is 0 Å². The van der Waals surface area contributed by atoms with Crippen LogP contribution in [0.15, 0.2) is 36.7 Å². The second kappa shape index (κ2) is 6.63. The lowest BCUT2D eigenvalue weighted by molar-refractivity contribution is 0.614. The van der Waals surface area contributed by atoms with E-state index in [1.54, 1.807) is 24.5 Å². The van der Waals surface area contributed by atoms with E-state index in [2.05, 4.69) is 20.2 Å². The van der Waals surface area contributed by atoms with Crippen molar-refractivity contribution in [1.29, 1.82) is 0 Å². The summed E-state index contributed by atoms with van der Waals surface area (Å²) in [5.41, 5.74) is 1.60. The third-order valence-electron chi connectivity index (χ3n) is 3.67. The van der Waals surface area contributed by atoms with Crippen molar-refractivity contribution in [3.63, 3.8) is 0 Å². The second-order valence-corrected chi connectivity index (χ2v) is 5.25. The summed E-state index contributed by atoms with van der Waals surface area (Å²) >= 11 is 0. The highest BCUT2D eigenvalue weighted by atomic mass is 19.1. The molecule has 1 saturated heterocycles. The Morgan fingerprint density at radius 3 is 2.71 bits per heavy atom. The SMILES string of the molecule is Fc1ccccc1Cc1cnc(N2CCCNCC2)nc1. The second-order valence-electron chi connectivity index (χ2n) is 5.25. The smallest absolute Gasteiger partial charge is 0.225 e. The first-order valence-corrected chi connectivity index (χ1v) is 7.33. The number of nitrogens with zero attached hydrogens (tertiary/aromatic N) is 3. The molecule has 1 aliphatic heterocycles. The topological polar surface area (TPSA) is 41.1 Å². The number of halogens is 1. The van der Waals surface area contributed by atoms with E-state index in [9.17, 15) is 4.39 Å². The predicted octanol–water partition coefficient (Wildman–Crippen LogP) is 2.01. The minimum Gasteiger partial charge on any atom is -0.340 e. The van der Waals surface area contributed by atoms with E-state index in [4.69, 9.17) is 0 Å². The van der Waals surface area contributed by atoms with Gasteiger partial charge in [0.2, 0.25) is 5.95 Å². The third-order valence-corrected chi connectivity index (χ3v) is 3.67. The van der Waals surface area contributed by atoms with Gasteiger partial charge in [-0.25, -0.2) is 14.4 Å². The Hall–Kier alpha value is -2.01. The van der Waals surface area contributed by atoms with E-state index >= 15 is 0 Å². The standard InChI is InChI=1S/C16H19FN4/c17-15-5-2-1-4-14(15)10-13-11-19-16(20-12-13)21-8-3-6-18-7-9-21/h1-2,4-5,11-12,18H,3,6-10H2. The molecule has 0 atom stereocenters. The van der Waals surface area contributed by atoms with Crippen molar-refractivity contribution in [1.82, 2.24) is 15.3 Å². The maximum Gasteiger partial charge on any atom is 0.225 e. The van der Waals surface area contributed by atoms with Crippen LogP contribution in [0.5, 0.6) is 0 Å². The minimum atomic E-state index is -0.180. The largest absolute Gasteiger partial charge is 0.340 e. The zero-order chi connectivity index (χ0) is 14.5. The van der Waals surface area contributed by atoms with Crippen LogP contribution in [0.1, 0.15) is 17.5 Å². The highest BCUT2D eigenvalue weighted by Crippen LogP contribution is 2.14. The molecular formula is C16H19FN4. The Labute approximate surface area is 124 Å². The maximum atomic E-state index is 13.6. The third kappa shape index (κ3) is 3.55. The van der Waals surface area contributed by atoms with Crippen LogP contribution in [0.2, 0.25) is 0 Å². The van der Waals surface area contributed by atoms with E-state index in [1.165, 1.54) is 6.07 Å². The van der Waals surface area contributed by atoms with Crippen LogP contribution < -0.4 is 10.2 Å². The zero-order valence-electron chi connectivity index (χ0n) is 11.9. The molecule has 1 aliphatic rings. The summed E-state index contributed by atoms with van der Waals surface area (Å²) in [5.74, 6) is 0.580. The van der Waals surface area contributed by atoms with Crippen LogP contribution >= 0.6 is 0 Å². The summed E-state index contributed by atoms with van der Waals surface area (Å²) in [6, 6.07) is 6.82.